The Hall–Kier alpha value is -0.440. The Morgan fingerprint density at radius 3 is 3.09 bits per heavy atom. The first-order chi connectivity index (χ1) is 5.43. The Kier molecular flexibility index (Phi) is 4.12. The van der Waals surface area contributed by atoms with Crippen LogP contribution in [0.2, 0.25) is 0 Å². The maximum Gasteiger partial charge on any atom is 0.165 e. The fourth-order valence-corrected chi connectivity index (χ4v) is 1.68. The van der Waals surface area contributed by atoms with E-state index in [9.17, 15) is 0 Å². The maximum atomic E-state index is 4.12. The first kappa shape index (κ1) is 8.65. The third-order valence-electron chi connectivity index (χ3n) is 1.46. The summed E-state index contributed by atoms with van der Waals surface area (Å²) in [6.07, 6.45) is 7.57. The van der Waals surface area contributed by atoms with Crippen LogP contribution in [-0.2, 0) is 0 Å². The van der Waals surface area contributed by atoms with Crippen molar-refractivity contribution in [1.82, 2.24) is 9.97 Å². The molecule has 0 radical (unpaired) electrons. The first-order valence-corrected chi connectivity index (χ1v) is 5.04. The van der Waals surface area contributed by atoms with Crippen LogP contribution in [0.25, 0.3) is 0 Å². The molecule has 0 unspecified atom stereocenters. The van der Waals surface area contributed by atoms with Crippen LogP contribution in [-0.4, -0.2) is 15.7 Å². The second-order valence-corrected chi connectivity index (χ2v) is 3.53. The van der Waals surface area contributed by atoms with Crippen molar-refractivity contribution in [2.75, 3.05) is 5.75 Å². The second kappa shape index (κ2) is 5.24. The molecule has 0 saturated carbocycles. The second-order valence-electron chi connectivity index (χ2n) is 2.45. The molecule has 0 fully saturated rings. The van der Waals surface area contributed by atoms with Crippen molar-refractivity contribution in [2.45, 2.75) is 31.3 Å². The molecule has 0 aliphatic rings. The Morgan fingerprint density at radius 2 is 2.45 bits per heavy atom. The minimum atomic E-state index is 1.04. The minimum absolute atomic E-state index is 1.04. The molecule has 0 atom stereocenters. The van der Waals surface area contributed by atoms with Crippen LogP contribution in [0, 0.1) is 0 Å². The van der Waals surface area contributed by atoms with Gasteiger partial charge < -0.3 is 4.98 Å². The summed E-state index contributed by atoms with van der Waals surface area (Å²) in [6.45, 7) is 2.22. The van der Waals surface area contributed by atoms with Gasteiger partial charge >= 0.3 is 0 Å². The summed E-state index contributed by atoms with van der Waals surface area (Å²) in [4.78, 5) is 7.19. The smallest absolute Gasteiger partial charge is 0.165 e. The molecule has 1 heterocycles. The minimum Gasteiger partial charge on any atom is -0.340 e. The van der Waals surface area contributed by atoms with E-state index in [1.165, 1.54) is 25.0 Å². The first-order valence-electron chi connectivity index (χ1n) is 4.05. The van der Waals surface area contributed by atoms with Gasteiger partial charge in [0.15, 0.2) is 5.16 Å². The van der Waals surface area contributed by atoms with Crippen molar-refractivity contribution in [3.63, 3.8) is 0 Å². The number of aromatic amines is 1. The summed E-state index contributed by atoms with van der Waals surface area (Å²) in [7, 11) is 0. The van der Waals surface area contributed by atoms with Crippen molar-refractivity contribution in [3.05, 3.63) is 12.4 Å². The number of H-pyrrole nitrogens is 1. The monoisotopic (exact) mass is 170 g/mol. The van der Waals surface area contributed by atoms with E-state index in [1.807, 2.05) is 6.20 Å². The summed E-state index contributed by atoms with van der Waals surface area (Å²) in [5.41, 5.74) is 0. The van der Waals surface area contributed by atoms with Gasteiger partial charge in [0.1, 0.15) is 0 Å². The zero-order chi connectivity index (χ0) is 7.94. The molecule has 2 nitrogen and oxygen atoms in total. The van der Waals surface area contributed by atoms with Crippen molar-refractivity contribution >= 4 is 11.8 Å². The van der Waals surface area contributed by atoms with Crippen LogP contribution >= 0.6 is 11.8 Å². The molecule has 1 N–H and O–H groups in total. The molecule has 0 aliphatic carbocycles. The predicted molar refractivity (Wildman–Crippen MR) is 48.8 cm³/mol. The SMILES string of the molecule is CCCCCSc1ncc[nH]1. The van der Waals surface area contributed by atoms with E-state index in [0.717, 1.165) is 5.16 Å². The molecular weight excluding hydrogens is 156 g/mol. The number of hydrogen-bond acceptors (Lipinski definition) is 2. The van der Waals surface area contributed by atoms with Gasteiger partial charge in [-0.2, -0.15) is 0 Å². The van der Waals surface area contributed by atoms with E-state index in [0.29, 0.717) is 0 Å². The quantitative estimate of drug-likeness (QED) is 0.543. The average Bonchev–Trinajstić information content (AvgIpc) is 2.50. The summed E-state index contributed by atoms with van der Waals surface area (Å²) < 4.78 is 0. The Bertz CT molecular complexity index is 172. The molecule has 0 amide bonds. The summed E-state index contributed by atoms with van der Waals surface area (Å²) in [6, 6.07) is 0. The van der Waals surface area contributed by atoms with Crippen LogP contribution in [0.1, 0.15) is 26.2 Å². The lowest BCUT2D eigenvalue weighted by Crippen LogP contribution is -1.80. The van der Waals surface area contributed by atoms with Gasteiger partial charge in [0.05, 0.1) is 0 Å². The highest BCUT2D eigenvalue weighted by Crippen LogP contribution is 2.13. The van der Waals surface area contributed by atoms with Crippen LogP contribution in [0.5, 0.6) is 0 Å². The average molecular weight is 170 g/mol. The highest BCUT2D eigenvalue weighted by atomic mass is 32.2. The van der Waals surface area contributed by atoms with Crippen LogP contribution in [0.15, 0.2) is 17.6 Å². The zero-order valence-electron chi connectivity index (χ0n) is 6.84. The summed E-state index contributed by atoms with van der Waals surface area (Å²) >= 11 is 1.80. The van der Waals surface area contributed by atoms with Gasteiger partial charge in [-0.1, -0.05) is 31.5 Å². The highest BCUT2D eigenvalue weighted by molar-refractivity contribution is 7.99. The van der Waals surface area contributed by atoms with E-state index >= 15 is 0 Å². The van der Waals surface area contributed by atoms with Gasteiger partial charge in [0.25, 0.3) is 0 Å². The molecule has 0 saturated heterocycles. The Balaban J connectivity index is 2.04. The molecule has 1 aromatic heterocycles. The lowest BCUT2D eigenvalue weighted by molar-refractivity contribution is 0.777. The molecule has 1 rings (SSSR count). The molecule has 0 bridgehead atoms. The topological polar surface area (TPSA) is 28.7 Å². The predicted octanol–water partition coefficient (Wildman–Crippen LogP) is 2.69. The Morgan fingerprint density at radius 1 is 1.55 bits per heavy atom. The number of rotatable bonds is 5. The lowest BCUT2D eigenvalue weighted by atomic mass is 10.3. The van der Waals surface area contributed by atoms with E-state index < -0.39 is 0 Å². The molecule has 0 spiro atoms. The molecule has 0 aromatic carbocycles. The van der Waals surface area contributed by atoms with Gasteiger partial charge in [-0.3, -0.25) is 0 Å². The van der Waals surface area contributed by atoms with E-state index in [2.05, 4.69) is 16.9 Å². The van der Waals surface area contributed by atoms with Crippen LogP contribution in [0.3, 0.4) is 0 Å². The molecule has 0 aliphatic heterocycles. The van der Waals surface area contributed by atoms with Crippen LogP contribution in [0.4, 0.5) is 0 Å². The van der Waals surface area contributed by atoms with Crippen LogP contribution < -0.4 is 0 Å². The number of nitrogens with one attached hydrogen (secondary N) is 1. The number of aromatic nitrogens is 2. The third kappa shape index (κ3) is 3.46. The fourth-order valence-electron chi connectivity index (χ4n) is 0.851. The van der Waals surface area contributed by atoms with Gasteiger partial charge in [-0.25, -0.2) is 4.98 Å². The lowest BCUT2D eigenvalue weighted by Gasteiger charge is -1.95. The number of hydrogen-bond donors (Lipinski definition) is 1. The normalized spacial score (nSPS) is 10.3. The molecule has 3 heteroatoms. The molecular formula is C8H14N2S. The molecule has 62 valence electrons. The third-order valence-corrected chi connectivity index (χ3v) is 2.45. The van der Waals surface area contributed by atoms with E-state index in [-0.39, 0.29) is 0 Å². The van der Waals surface area contributed by atoms with Gasteiger partial charge in [0, 0.05) is 18.1 Å². The van der Waals surface area contributed by atoms with Gasteiger partial charge in [0.2, 0.25) is 0 Å². The highest BCUT2D eigenvalue weighted by Gasteiger charge is 1.93. The van der Waals surface area contributed by atoms with Gasteiger partial charge in [-0.05, 0) is 6.42 Å². The number of imidazole rings is 1. The maximum absolute atomic E-state index is 4.12. The van der Waals surface area contributed by atoms with Crippen molar-refractivity contribution in [2.24, 2.45) is 0 Å². The van der Waals surface area contributed by atoms with Crippen molar-refractivity contribution in [3.8, 4) is 0 Å². The number of thioether (sulfide) groups is 1. The van der Waals surface area contributed by atoms with Gasteiger partial charge in [-0.15, -0.1) is 0 Å². The summed E-state index contributed by atoms with van der Waals surface area (Å²) in [5.74, 6) is 1.18. The van der Waals surface area contributed by atoms with Crippen molar-refractivity contribution < 1.29 is 0 Å². The largest absolute Gasteiger partial charge is 0.340 e. The number of nitrogens with zero attached hydrogens (tertiary/aromatic N) is 1. The molecule has 1 aromatic rings. The van der Waals surface area contributed by atoms with Crippen molar-refractivity contribution in [1.29, 1.82) is 0 Å². The van der Waals surface area contributed by atoms with E-state index in [4.69, 9.17) is 0 Å². The summed E-state index contributed by atoms with van der Waals surface area (Å²) in [5, 5.41) is 1.04. The number of unbranched alkanes of at least 4 members (excludes halogenated alkanes) is 2. The van der Waals surface area contributed by atoms with E-state index in [1.54, 1.807) is 18.0 Å². The zero-order valence-corrected chi connectivity index (χ0v) is 7.66. The Labute approximate surface area is 71.8 Å². The standard InChI is InChI=1S/C8H14N2S/c1-2-3-4-7-11-8-9-5-6-10-8/h5-6H,2-4,7H2,1H3,(H,9,10). The molecule has 11 heavy (non-hydrogen) atoms. The fraction of sp³-hybridized carbons (Fsp3) is 0.625.